The van der Waals surface area contributed by atoms with E-state index in [-0.39, 0.29) is 0 Å². The van der Waals surface area contributed by atoms with Crippen molar-refractivity contribution < 1.29 is 29.7 Å². The van der Waals surface area contributed by atoms with Crippen molar-refractivity contribution in [1.82, 2.24) is 0 Å². The normalized spacial score (nSPS) is 20.6. The summed E-state index contributed by atoms with van der Waals surface area (Å²) in [5, 5.41) is 0. The highest BCUT2D eigenvalue weighted by Gasteiger charge is 2.40. The molecule has 0 spiro atoms. The van der Waals surface area contributed by atoms with E-state index in [1.54, 1.807) is 21.3 Å². The number of hydrogen-bond acceptors (Lipinski definition) is 7. The van der Waals surface area contributed by atoms with Gasteiger partial charge in [0.05, 0.1) is 0 Å². The maximum Gasteiger partial charge on any atom is 0.500 e. The summed E-state index contributed by atoms with van der Waals surface area (Å²) in [5.41, 5.74) is 0. The van der Waals surface area contributed by atoms with Gasteiger partial charge in [-0.25, -0.2) is 0 Å². The fourth-order valence-corrected chi connectivity index (χ4v) is 17.0. The van der Waals surface area contributed by atoms with Crippen molar-refractivity contribution in [2.45, 2.75) is 76.8 Å². The van der Waals surface area contributed by atoms with E-state index in [1.165, 1.54) is 25.7 Å². The van der Waals surface area contributed by atoms with Crippen LogP contribution in [0.15, 0.2) is 0 Å². The van der Waals surface area contributed by atoms with Crippen molar-refractivity contribution >= 4 is 45.2 Å². The second kappa shape index (κ2) is 13.2. The maximum absolute atomic E-state index is 6.27. The molecule has 1 rings (SSSR count). The molecule has 27 heavy (non-hydrogen) atoms. The molecule has 0 amide bonds. The molecule has 0 atom stereocenters. The topological polar surface area (TPSA) is 64.6 Å². The minimum atomic E-state index is -2.40. The van der Waals surface area contributed by atoms with Crippen molar-refractivity contribution in [3.63, 3.8) is 0 Å². The standard InChI is InChI=1S/C15H37O7Si5/c1-16-27(17-2,18-3)15-13-11-9-8-10-12-14-26(7)21-24(5)19-23(4)20-25(6)22-26/h8-15H2,1-7H3. The van der Waals surface area contributed by atoms with Crippen LogP contribution >= 0.6 is 0 Å². The molecule has 1 aliphatic heterocycles. The van der Waals surface area contributed by atoms with Crippen LogP contribution < -0.4 is 0 Å². The van der Waals surface area contributed by atoms with E-state index in [2.05, 4.69) is 6.55 Å². The summed E-state index contributed by atoms with van der Waals surface area (Å²) in [4.78, 5) is 0. The lowest BCUT2D eigenvalue weighted by molar-refractivity contribution is 0.122. The summed E-state index contributed by atoms with van der Waals surface area (Å²) in [6, 6.07) is 1.90. The predicted octanol–water partition coefficient (Wildman–Crippen LogP) is 3.71. The Morgan fingerprint density at radius 2 is 1.15 bits per heavy atom. The second-order valence-electron chi connectivity index (χ2n) is 6.93. The minimum absolute atomic E-state index is 0.882. The molecule has 7 nitrogen and oxygen atoms in total. The van der Waals surface area contributed by atoms with E-state index in [4.69, 9.17) is 29.7 Å². The van der Waals surface area contributed by atoms with Gasteiger partial charge in [0, 0.05) is 27.4 Å². The van der Waals surface area contributed by atoms with Crippen molar-refractivity contribution in [1.29, 1.82) is 0 Å². The molecule has 0 unspecified atom stereocenters. The van der Waals surface area contributed by atoms with Gasteiger partial charge in [-0.1, -0.05) is 32.1 Å². The van der Waals surface area contributed by atoms with Gasteiger partial charge in [-0.2, -0.15) is 0 Å². The summed E-state index contributed by atoms with van der Waals surface area (Å²) in [6.45, 7) is 8.28. The van der Waals surface area contributed by atoms with E-state index >= 15 is 0 Å². The number of rotatable bonds is 12. The summed E-state index contributed by atoms with van der Waals surface area (Å²) in [6.07, 6.45) is 7.07. The SMILES string of the molecule is CO[Si](CCCCCCCC[Si]1(C)O[Si](C)O[Si](C)O[Si](C)O1)(OC)OC. The van der Waals surface area contributed by atoms with Crippen LogP contribution in [0, 0.1) is 0 Å². The van der Waals surface area contributed by atoms with Crippen LogP contribution in [0.25, 0.3) is 0 Å². The Hall–Kier alpha value is 0.804. The van der Waals surface area contributed by atoms with Crippen molar-refractivity contribution in [2.75, 3.05) is 21.3 Å². The second-order valence-corrected chi connectivity index (χ2v) is 19.0. The van der Waals surface area contributed by atoms with Crippen LogP contribution in [-0.2, 0) is 29.7 Å². The average molecular weight is 470 g/mol. The van der Waals surface area contributed by atoms with Gasteiger partial charge >= 0.3 is 45.2 Å². The molecular weight excluding hydrogens is 433 g/mol. The molecular formula is C15H37O7Si5. The monoisotopic (exact) mass is 469 g/mol. The summed E-state index contributed by atoms with van der Waals surface area (Å²) >= 11 is 0. The molecule has 1 fully saturated rings. The van der Waals surface area contributed by atoms with Crippen LogP contribution in [-0.4, -0.2) is 66.5 Å². The zero-order valence-electron chi connectivity index (χ0n) is 18.0. The van der Waals surface area contributed by atoms with Gasteiger partial charge in [-0.15, -0.1) is 0 Å². The first kappa shape index (κ1) is 25.8. The molecule has 0 aromatic rings. The van der Waals surface area contributed by atoms with Crippen LogP contribution in [0.2, 0.25) is 38.3 Å². The van der Waals surface area contributed by atoms with Crippen LogP contribution in [0.1, 0.15) is 38.5 Å². The van der Waals surface area contributed by atoms with Gasteiger partial charge in [-0.05, 0) is 38.7 Å². The first-order valence-corrected chi connectivity index (χ1v) is 19.6. The molecule has 0 aliphatic carbocycles. The summed E-state index contributed by atoms with van der Waals surface area (Å²) < 4.78 is 40.7. The van der Waals surface area contributed by atoms with Crippen LogP contribution in [0.5, 0.6) is 0 Å². The van der Waals surface area contributed by atoms with Crippen molar-refractivity contribution in [3.05, 3.63) is 0 Å². The fourth-order valence-electron chi connectivity index (χ4n) is 3.25. The molecule has 1 saturated heterocycles. The van der Waals surface area contributed by atoms with Crippen molar-refractivity contribution in [3.8, 4) is 0 Å². The summed E-state index contributed by atoms with van der Waals surface area (Å²) in [5.74, 6) is 0. The van der Waals surface area contributed by atoms with Gasteiger partial charge in [-0.3, -0.25) is 0 Å². The van der Waals surface area contributed by atoms with E-state index in [0.717, 1.165) is 24.9 Å². The average Bonchev–Trinajstić information content (AvgIpc) is 2.59. The van der Waals surface area contributed by atoms with Gasteiger partial charge in [0.2, 0.25) is 0 Å². The Morgan fingerprint density at radius 3 is 1.63 bits per heavy atom. The Balaban J connectivity index is 2.21. The van der Waals surface area contributed by atoms with E-state index in [1.807, 2.05) is 19.6 Å². The number of hydrogen-bond donors (Lipinski definition) is 0. The molecule has 0 aromatic heterocycles. The lowest BCUT2D eigenvalue weighted by Gasteiger charge is -2.35. The van der Waals surface area contributed by atoms with Gasteiger partial charge < -0.3 is 29.7 Å². The van der Waals surface area contributed by atoms with Gasteiger partial charge in [0.25, 0.3) is 0 Å². The molecule has 0 saturated carbocycles. The minimum Gasteiger partial charge on any atom is -0.415 e. The van der Waals surface area contributed by atoms with Gasteiger partial charge in [0.1, 0.15) is 0 Å². The number of unbranched alkanes of at least 4 members (excludes halogenated alkanes) is 5. The molecule has 159 valence electrons. The van der Waals surface area contributed by atoms with Crippen molar-refractivity contribution in [2.24, 2.45) is 0 Å². The lowest BCUT2D eigenvalue weighted by Crippen LogP contribution is -2.52. The first-order chi connectivity index (χ1) is 12.8. The summed E-state index contributed by atoms with van der Waals surface area (Å²) in [7, 11) is -3.29. The third kappa shape index (κ3) is 9.90. The lowest BCUT2D eigenvalue weighted by atomic mass is 10.1. The fraction of sp³-hybridized carbons (Fsp3) is 1.00. The van der Waals surface area contributed by atoms with Crippen LogP contribution in [0.4, 0.5) is 0 Å². The highest BCUT2D eigenvalue weighted by molar-refractivity contribution is 6.81. The van der Waals surface area contributed by atoms with Gasteiger partial charge in [0.15, 0.2) is 0 Å². The van der Waals surface area contributed by atoms with Crippen LogP contribution in [0.3, 0.4) is 0 Å². The molecule has 0 aromatic carbocycles. The Labute approximate surface area is 173 Å². The molecule has 3 radical (unpaired) electrons. The third-order valence-corrected chi connectivity index (χ3v) is 19.0. The van der Waals surface area contributed by atoms with E-state index in [0.29, 0.717) is 0 Å². The smallest absolute Gasteiger partial charge is 0.415 e. The predicted molar refractivity (Wildman–Crippen MR) is 115 cm³/mol. The van der Waals surface area contributed by atoms with E-state index in [9.17, 15) is 0 Å². The Kier molecular flexibility index (Phi) is 12.6. The third-order valence-electron chi connectivity index (χ3n) is 4.59. The van der Waals surface area contributed by atoms with E-state index < -0.39 is 45.2 Å². The molecule has 0 bridgehead atoms. The Morgan fingerprint density at radius 1 is 0.704 bits per heavy atom. The maximum atomic E-state index is 6.27. The molecule has 12 heteroatoms. The quantitative estimate of drug-likeness (QED) is 0.319. The highest BCUT2D eigenvalue weighted by atomic mass is 28.5. The molecule has 1 aliphatic rings. The zero-order valence-corrected chi connectivity index (χ0v) is 23.0. The highest BCUT2D eigenvalue weighted by Crippen LogP contribution is 2.24. The molecule has 1 heterocycles. The Bertz CT molecular complexity index is 380. The molecule has 0 N–H and O–H groups in total. The zero-order chi connectivity index (χ0) is 20.3. The first-order valence-electron chi connectivity index (χ1n) is 9.68. The largest absolute Gasteiger partial charge is 0.500 e.